The SMILES string of the molecule is CCOc1cc(CO)cc(Br)c1OCCc1cnn(C)c1. The number of aromatic nitrogens is 2. The van der Waals surface area contributed by atoms with Crippen LogP contribution in [0.4, 0.5) is 0 Å². The highest BCUT2D eigenvalue weighted by molar-refractivity contribution is 9.10. The summed E-state index contributed by atoms with van der Waals surface area (Å²) < 4.78 is 14.0. The maximum absolute atomic E-state index is 9.25. The van der Waals surface area contributed by atoms with Crippen molar-refractivity contribution in [2.45, 2.75) is 20.0 Å². The van der Waals surface area contributed by atoms with Crippen molar-refractivity contribution in [1.82, 2.24) is 9.78 Å². The van der Waals surface area contributed by atoms with Gasteiger partial charge in [-0.3, -0.25) is 4.68 Å². The average Bonchev–Trinajstić information content (AvgIpc) is 2.87. The van der Waals surface area contributed by atoms with E-state index in [0.29, 0.717) is 24.7 Å². The highest BCUT2D eigenvalue weighted by Gasteiger charge is 2.12. The van der Waals surface area contributed by atoms with Gasteiger partial charge < -0.3 is 14.6 Å². The van der Waals surface area contributed by atoms with E-state index in [9.17, 15) is 5.11 Å². The molecule has 1 N–H and O–H groups in total. The number of aryl methyl sites for hydroxylation is 1. The van der Waals surface area contributed by atoms with Crippen LogP contribution in [0.15, 0.2) is 29.0 Å². The molecule has 0 bridgehead atoms. The summed E-state index contributed by atoms with van der Waals surface area (Å²) in [6.45, 7) is 2.96. The molecule has 0 unspecified atom stereocenters. The molecule has 0 spiro atoms. The van der Waals surface area contributed by atoms with Gasteiger partial charge in [0.2, 0.25) is 0 Å². The molecule has 1 aromatic carbocycles. The molecule has 0 saturated carbocycles. The van der Waals surface area contributed by atoms with E-state index in [1.807, 2.05) is 32.4 Å². The number of benzene rings is 1. The fraction of sp³-hybridized carbons (Fsp3) is 0.400. The largest absolute Gasteiger partial charge is 0.490 e. The number of nitrogens with zero attached hydrogens (tertiary/aromatic N) is 2. The van der Waals surface area contributed by atoms with Crippen LogP contribution in [0.5, 0.6) is 11.5 Å². The average molecular weight is 355 g/mol. The first-order chi connectivity index (χ1) is 10.1. The minimum atomic E-state index is -0.0331. The molecule has 0 aliphatic carbocycles. The number of rotatable bonds is 7. The number of ether oxygens (including phenoxy) is 2. The Morgan fingerprint density at radius 1 is 1.29 bits per heavy atom. The maximum atomic E-state index is 9.25. The van der Waals surface area contributed by atoms with Gasteiger partial charge in [0.05, 0.1) is 30.5 Å². The lowest BCUT2D eigenvalue weighted by Gasteiger charge is -2.14. The fourth-order valence-corrected chi connectivity index (χ4v) is 2.59. The molecule has 0 aliphatic heterocycles. The normalized spacial score (nSPS) is 10.7. The first-order valence-electron chi connectivity index (χ1n) is 6.80. The first-order valence-corrected chi connectivity index (χ1v) is 7.59. The van der Waals surface area contributed by atoms with E-state index in [1.54, 1.807) is 10.7 Å². The Hall–Kier alpha value is -1.53. The molecule has 0 aliphatic rings. The van der Waals surface area contributed by atoms with Crippen LogP contribution in [0, 0.1) is 0 Å². The van der Waals surface area contributed by atoms with Gasteiger partial charge in [0.1, 0.15) is 0 Å². The molecular weight excluding hydrogens is 336 g/mol. The summed E-state index contributed by atoms with van der Waals surface area (Å²) in [4.78, 5) is 0. The lowest BCUT2D eigenvalue weighted by atomic mass is 10.2. The van der Waals surface area contributed by atoms with Gasteiger partial charge in [-0.1, -0.05) is 0 Å². The van der Waals surface area contributed by atoms with E-state index in [-0.39, 0.29) is 6.61 Å². The zero-order chi connectivity index (χ0) is 15.2. The third-order valence-corrected chi connectivity index (χ3v) is 3.54. The molecule has 1 aromatic heterocycles. The van der Waals surface area contributed by atoms with Crippen LogP contribution in [0.1, 0.15) is 18.1 Å². The van der Waals surface area contributed by atoms with Crippen molar-refractivity contribution in [3.8, 4) is 11.5 Å². The van der Waals surface area contributed by atoms with Crippen molar-refractivity contribution in [1.29, 1.82) is 0 Å². The van der Waals surface area contributed by atoms with Crippen LogP contribution < -0.4 is 9.47 Å². The molecule has 2 rings (SSSR count). The zero-order valence-corrected chi connectivity index (χ0v) is 13.8. The van der Waals surface area contributed by atoms with Crippen LogP contribution >= 0.6 is 15.9 Å². The second-order valence-corrected chi connectivity index (χ2v) is 5.47. The van der Waals surface area contributed by atoms with Gasteiger partial charge in [-0.25, -0.2) is 0 Å². The predicted octanol–water partition coefficient (Wildman–Crippen LogP) is 2.70. The van der Waals surface area contributed by atoms with E-state index in [1.165, 1.54) is 0 Å². The van der Waals surface area contributed by atoms with Gasteiger partial charge in [0.25, 0.3) is 0 Å². The summed E-state index contributed by atoms with van der Waals surface area (Å²) in [7, 11) is 1.89. The van der Waals surface area contributed by atoms with Crippen LogP contribution in [-0.2, 0) is 20.1 Å². The molecule has 0 fully saturated rings. The van der Waals surface area contributed by atoms with Crippen molar-refractivity contribution < 1.29 is 14.6 Å². The maximum Gasteiger partial charge on any atom is 0.175 e. The van der Waals surface area contributed by atoms with Gasteiger partial charge in [-0.05, 0) is 46.1 Å². The van der Waals surface area contributed by atoms with E-state index in [2.05, 4.69) is 21.0 Å². The van der Waals surface area contributed by atoms with Crippen LogP contribution in [0.2, 0.25) is 0 Å². The fourth-order valence-electron chi connectivity index (χ4n) is 1.99. The van der Waals surface area contributed by atoms with Crippen molar-refractivity contribution in [3.05, 3.63) is 40.1 Å². The van der Waals surface area contributed by atoms with Crippen LogP contribution in [0.25, 0.3) is 0 Å². The number of aliphatic hydroxyl groups excluding tert-OH is 1. The summed E-state index contributed by atoms with van der Waals surface area (Å²) in [5, 5.41) is 13.4. The summed E-state index contributed by atoms with van der Waals surface area (Å²) >= 11 is 3.47. The number of hydrogen-bond acceptors (Lipinski definition) is 4. The Morgan fingerprint density at radius 2 is 2.10 bits per heavy atom. The molecular formula is C15H19BrN2O3. The monoisotopic (exact) mass is 354 g/mol. The number of aliphatic hydroxyl groups is 1. The molecule has 2 aromatic rings. The summed E-state index contributed by atoms with van der Waals surface area (Å²) in [6, 6.07) is 3.63. The van der Waals surface area contributed by atoms with Crippen LogP contribution in [-0.4, -0.2) is 28.1 Å². The second kappa shape index (κ2) is 7.47. The summed E-state index contributed by atoms with van der Waals surface area (Å²) in [6.07, 6.45) is 4.57. The van der Waals surface area contributed by atoms with E-state index in [4.69, 9.17) is 9.47 Å². The molecule has 21 heavy (non-hydrogen) atoms. The Kier molecular flexibility index (Phi) is 5.64. The lowest BCUT2D eigenvalue weighted by molar-refractivity contribution is 0.269. The lowest BCUT2D eigenvalue weighted by Crippen LogP contribution is -2.04. The number of halogens is 1. The van der Waals surface area contributed by atoms with E-state index in [0.717, 1.165) is 22.0 Å². The molecule has 0 saturated heterocycles. The molecule has 0 amide bonds. The third kappa shape index (κ3) is 4.22. The van der Waals surface area contributed by atoms with Crippen molar-refractivity contribution in [2.24, 2.45) is 7.05 Å². The van der Waals surface area contributed by atoms with Gasteiger partial charge in [0, 0.05) is 19.7 Å². The molecule has 6 heteroatoms. The third-order valence-electron chi connectivity index (χ3n) is 2.95. The van der Waals surface area contributed by atoms with E-state index >= 15 is 0 Å². The van der Waals surface area contributed by atoms with E-state index < -0.39 is 0 Å². The topological polar surface area (TPSA) is 56.5 Å². The van der Waals surface area contributed by atoms with Gasteiger partial charge in [-0.15, -0.1) is 0 Å². The highest BCUT2D eigenvalue weighted by Crippen LogP contribution is 2.37. The summed E-state index contributed by atoms with van der Waals surface area (Å²) in [5.41, 5.74) is 1.91. The van der Waals surface area contributed by atoms with Crippen molar-refractivity contribution >= 4 is 15.9 Å². The van der Waals surface area contributed by atoms with Gasteiger partial charge in [-0.2, -0.15) is 5.10 Å². The van der Waals surface area contributed by atoms with Crippen LogP contribution in [0.3, 0.4) is 0 Å². The van der Waals surface area contributed by atoms with Gasteiger partial charge >= 0.3 is 0 Å². The molecule has 114 valence electrons. The smallest absolute Gasteiger partial charge is 0.175 e. The second-order valence-electron chi connectivity index (χ2n) is 4.62. The minimum Gasteiger partial charge on any atom is -0.490 e. The van der Waals surface area contributed by atoms with Crippen molar-refractivity contribution in [3.63, 3.8) is 0 Å². The molecule has 0 radical (unpaired) electrons. The Labute approximate surface area is 132 Å². The minimum absolute atomic E-state index is 0.0331. The predicted molar refractivity (Wildman–Crippen MR) is 83.6 cm³/mol. The first kappa shape index (κ1) is 15.9. The number of hydrogen-bond donors (Lipinski definition) is 1. The Bertz CT molecular complexity index is 599. The molecule has 5 nitrogen and oxygen atoms in total. The molecule has 0 atom stereocenters. The van der Waals surface area contributed by atoms with Gasteiger partial charge in [0.15, 0.2) is 11.5 Å². The quantitative estimate of drug-likeness (QED) is 0.830. The van der Waals surface area contributed by atoms with Crippen molar-refractivity contribution in [2.75, 3.05) is 13.2 Å². The standard InChI is InChI=1S/C15H19BrN2O3/c1-3-20-14-7-12(10-19)6-13(16)15(14)21-5-4-11-8-17-18(2)9-11/h6-9,19H,3-5,10H2,1-2H3. The molecule has 1 heterocycles. The zero-order valence-electron chi connectivity index (χ0n) is 12.2. The Morgan fingerprint density at radius 3 is 2.71 bits per heavy atom. The Balaban J connectivity index is 2.07. The summed E-state index contributed by atoms with van der Waals surface area (Å²) in [5.74, 6) is 1.31. The highest BCUT2D eigenvalue weighted by atomic mass is 79.9.